The van der Waals surface area contributed by atoms with Crippen LogP contribution in [0.1, 0.15) is 0 Å². The molecule has 3 aromatic rings. The molecule has 1 saturated heterocycles. The highest BCUT2D eigenvalue weighted by molar-refractivity contribution is 7.90. The average Bonchev–Trinajstić information content (AvgIpc) is 3.05. The zero-order chi connectivity index (χ0) is 18.3. The van der Waals surface area contributed by atoms with E-state index < -0.39 is 9.84 Å². The summed E-state index contributed by atoms with van der Waals surface area (Å²) in [6, 6.07) is 11.8. The van der Waals surface area contributed by atoms with Crippen LogP contribution >= 0.6 is 11.3 Å². The molecule has 0 radical (unpaired) electrons. The van der Waals surface area contributed by atoms with Gasteiger partial charge >= 0.3 is 0 Å². The van der Waals surface area contributed by atoms with Gasteiger partial charge in [-0.25, -0.2) is 17.8 Å². The minimum Gasteiger partial charge on any atom is -0.366 e. The van der Waals surface area contributed by atoms with Gasteiger partial charge in [-0.3, -0.25) is 0 Å². The lowest BCUT2D eigenvalue weighted by Gasteiger charge is -2.36. The van der Waals surface area contributed by atoms with Crippen LogP contribution in [0.2, 0.25) is 0 Å². The fraction of sp³-hybridized carbons (Fsp3) is 0.278. The van der Waals surface area contributed by atoms with E-state index in [1.165, 1.54) is 23.7 Å². The highest BCUT2D eigenvalue weighted by Gasteiger charge is 2.22. The van der Waals surface area contributed by atoms with E-state index in [4.69, 9.17) is 0 Å². The van der Waals surface area contributed by atoms with E-state index in [0.29, 0.717) is 23.7 Å². The predicted molar refractivity (Wildman–Crippen MR) is 104 cm³/mol. The lowest BCUT2D eigenvalue weighted by Crippen LogP contribution is -2.46. The van der Waals surface area contributed by atoms with E-state index in [2.05, 4.69) is 9.88 Å². The molecule has 0 atom stereocenters. The largest absolute Gasteiger partial charge is 0.366 e. The molecular weight excluding hydrogens is 373 g/mol. The molecule has 136 valence electrons. The van der Waals surface area contributed by atoms with Crippen LogP contribution in [0.4, 0.5) is 15.2 Å². The number of anilines is 2. The molecule has 26 heavy (non-hydrogen) atoms. The Morgan fingerprint density at radius 2 is 1.73 bits per heavy atom. The number of thiazole rings is 1. The van der Waals surface area contributed by atoms with Gasteiger partial charge in [-0.1, -0.05) is 23.5 Å². The topological polar surface area (TPSA) is 53.5 Å². The number of aromatic nitrogens is 1. The quantitative estimate of drug-likeness (QED) is 0.686. The lowest BCUT2D eigenvalue weighted by atomic mass is 10.2. The number of hydrogen-bond donors (Lipinski definition) is 0. The van der Waals surface area contributed by atoms with E-state index in [1.54, 1.807) is 30.3 Å². The minimum atomic E-state index is -3.23. The third-order valence-corrected chi connectivity index (χ3v) is 6.71. The molecule has 0 unspecified atom stereocenters. The summed E-state index contributed by atoms with van der Waals surface area (Å²) in [5, 5.41) is 0.874. The van der Waals surface area contributed by atoms with E-state index >= 15 is 0 Å². The maximum absolute atomic E-state index is 14.0. The zero-order valence-corrected chi connectivity index (χ0v) is 15.9. The molecule has 5 nitrogen and oxygen atoms in total. The Labute approximate surface area is 155 Å². The van der Waals surface area contributed by atoms with Crippen LogP contribution in [-0.4, -0.2) is 45.8 Å². The summed E-state index contributed by atoms with van der Waals surface area (Å²) in [6.07, 6.45) is 1.21. The summed E-state index contributed by atoms with van der Waals surface area (Å²) in [6.45, 7) is 2.91. The van der Waals surface area contributed by atoms with Crippen molar-refractivity contribution < 1.29 is 12.8 Å². The van der Waals surface area contributed by atoms with Crippen molar-refractivity contribution in [3.8, 4) is 0 Å². The van der Waals surface area contributed by atoms with Crippen LogP contribution in [0, 0.1) is 5.82 Å². The van der Waals surface area contributed by atoms with Crippen LogP contribution in [0.25, 0.3) is 10.2 Å². The second-order valence-electron chi connectivity index (χ2n) is 6.32. The second-order valence-corrected chi connectivity index (χ2v) is 9.35. The van der Waals surface area contributed by atoms with Crippen molar-refractivity contribution in [1.29, 1.82) is 0 Å². The molecule has 2 heterocycles. The van der Waals surface area contributed by atoms with Crippen molar-refractivity contribution in [2.24, 2.45) is 0 Å². The van der Waals surface area contributed by atoms with Crippen LogP contribution in [0.3, 0.4) is 0 Å². The molecule has 2 aromatic carbocycles. The normalized spacial score (nSPS) is 15.6. The Hall–Kier alpha value is -2.19. The van der Waals surface area contributed by atoms with Gasteiger partial charge in [0.25, 0.3) is 0 Å². The highest BCUT2D eigenvalue weighted by atomic mass is 32.2. The number of rotatable bonds is 3. The number of para-hydroxylation sites is 1. The summed E-state index contributed by atoms with van der Waals surface area (Å²) in [7, 11) is -3.23. The first-order valence-corrected chi connectivity index (χ1v) is 11.0. The first-order chi connectivity index (χ1) is 12.4. The number of hydrogen-bond acceptors (Lipinski definition) is 6. The van der Waals surface area contributed by atoms with Crippen molar-refractivity contribution in [2.45, 2.75) is 4.90 Å². The Kier molecular flexibility index (Phi) is 4.32. The molecule has 0 N–H and O–H groups in total. The van der Waals surface area contributed by atoms with Gasteiger partial charge in [-0.05, 0) is 30.3 Å². The van der Waals surface area contributed by atoms with Crippen LogP contribution in [0.15, 0.2) is 47.4 Å². The van der Waals surface area contributed by atoms with E-state index in [0.717, 1.165) is 28.4 Å². The summed E-state index contributed by atoms with van der Waals surface area (Å²) in [5.74, 6) is -0.200. The van der Waals surface area contributed by atoms with Crippen molar-refractivity contribution in [3.63, 3.8) is 0 Å². The zero-order valence-electron chi connectivity index (χ0n) is 14.2. The second kappa shape index (κ2) is 6.51. The summed E-state index contributed by atoms with van der Waals surface area (Å²) in [5.41, 5.74) is 1.43. The number of fused-ring (bicyclic) bond motifs is 1. The molecule has 1 aliphatic heterocycles. The number of piperazine rings is 1. The average molecular weight is 391 g/mol. The Morgan fingerprint density at radius 1 is 1.04 bits per heavy atom. The third-order valence-electron chi connectivity index (χ3n) is 4.52. The molecule has 8 heteroatoms. The van der Waals surface area contributed by atoms with Crippen LogP contribution in [0.5, 0.6) is 0 Å². The molecule has 1 aliphatic rings. The first kappa shape index (κ1) is 17.2. The summed E-state index contributed by atoms with van der Waals surface area (Å²) >= 11 is 1.49. The van der Waals surface area contributed by atoms with Gasteiger partial charge in [-0.15, -0.1) is 0 Å². The number of halogens is 1. The maximum Gasteiger partial charge on any atom is 0.186 e. The molecule has 0 aliphatic carbocycles. The first-order valence-electron chi connectivity index (χ1n) is 8.27. The lowest BCUT2D eigenvalue weighted by molar-refractivity contribution is 0.597. The minimum absolute atomic E-state index is 0.200. The van der Waals surface area contributed by atoms with E-state index in [-0.39, 0.29) is 5.82 Å². The highest BCUT2D eigenvalue weighted by Crippen LogP contribution is 2.31. The SMILES string of the molecule is CS(=O)(=O)c1ccc2nc(N3CCN(c4ccccc4F)CC3)sc2c1. The Morgan fingerprint density at radius 3 is 2.42 bits per heavy atom. The van der Waals surface area contributed by atoms with E-state index in [9.17, 15) is 12.8 Å². The van der Waals surface area contributed by atoms with Crippen molar-refractivity contribution in [3.05, 3.63) is 48.3 Å². The molecule has 0 spiro atoms. The molecule has 1 aromatic heterocycles. The predicted octanol–water partition coefficient (Wildman–Crippen LogP) is 3.17. The van der Waals surface area contributed by atoms with Crippen LogP contribution < -0.4 is 9.80 Å². The fourth-order valence-electron chi connectivity index (χ4n) is 3.11. The van der Waals surface area contributed by atoms with Gasteiger partial charge in [-0.2, -0.15) is 0 Å². The van der Waals surface area contributed by atoms with Crippen molar-refractivity contribution in [1.82, 2.24) is 4.98 Å². The number of nitrogens with zero attached hydrogens (tertiary/aromatic N) is 3. The van der Waals surface area contributed by atoms with Gasteiger partial charge in [0.2, 0.25) is 0 Å². The van der Waals surface area contributed by atoms with Gasteiger partial charge < -0.3 is 9.80 Å². The molecule has 1 fully saturated rings. The third kappa shape index (κ3) is 3.26. The van der Waals surface area contributed by atoms with E-state index in [1.807, 2.05) is 11.0 Å². The molecule has 4 rings (SSSR count). The number of benzene rings is 2. The van der Waals surface area contributed by atoms with Crippen molar-refractivity contribution in [2.75, 3.05) is 42.2 Å². The Bertz CT molecular complexity index is 1060. The molecule has 0 bridgehead atoms. The smallest absolute Gasteiger partial charge is 0.186 e. The van der Waals surface area contributed by atoms with Crippen molar-refractivity contribution >= 4 is 42.2 Å². The van der Waals surface area contributed by atoms with Gasteiger partial charge in [0, 0.05) is 32.4 Å². The summed E-state index contributed by atoms with van der Waals surface area (Å²) < 4.78 is 38.3. The van der Waals surface area contributed by atoms with Gasteiger partial charge in [0.05, 0.1) is 20.8 Å². The van der Waals surface area contributed by atoms with Gasteiger partial charge in [0.1, 0.15) is 5.82 Å². The van der Waals surface area contributed by atoms with Crippen LogP contribution in [-0.2, 0) is 9.84 Å². The maximum atomic E-state index is 14.0. The summed E-state index contributed by atoms with van der Waals surface area (Å²) in [4.78, 5) is 9.15. The molecule has 0 amide bonds. The number of sulfone groups is 1. The van der Waals surface area contributed by atoms with Gasteiger partial charge in [0.15, 0.2) is 15.0 Å². The molecule has 0 saturated carbocycles. The monoisotopic (exact) mass is 391 g/mol. The molecular formula is C18H18FN3O2S2. The Balaban J connectivity index is 1.53. The standard InChI is InChI=1S/C18H18FN3O2S2/c1-26(23,24)13-6-7-15-17(12-13)25-18(20-15)22-10-8-21(9-11-22)16-5-3-2-4-14(16)19/h2-7,12H,8-11H2,1H3. The fourth-order valence-corrected chi connectivity index (χ4v) is 4.88.